The standard InChI is InChI=1S/C14H22N4O4/c1-5-20-12(22-8-7-10(19)9(3)4)11-16-13(15)18-14(17-11)21-6-2/h12H,3,5-8H2,1-2,4H3,(H2,15,16,17,18). The van der Waals surface area contributed by atoms with Gasteiger partial charge in [-0.05, 0) is 26.3 Å². The van der Waals surface area contributed by atoms with Crippen molar-refractivity contribution in [2.24, 2.45) is 0 Å². The predicted octanol–water partition coefficient (Wildman–Crippen LogP) is 1.44. The Hall–Kier alpha value is -2.06. The molecule has 0 aliphatic carbocycles. The lowest BCUT2D eigenvalue weighted by Gasteiger charge is -2.16. The highest BCUT2D eigenvalue weighted by Crippen LogP contribution is 2.18. The third-order valence-corrected chi connectivity index (χ3v) is 2.53. The molecule has 0 radical (unpaired) electrons. The first kappa shape index (κ1) is 18.0. The molecule has 1 aromatic rings. The van der Waals surface area contributed by atoms with Crippen molar-refractivity contribution < 1.29 is 19.0 Å². The van der Waals surface area contributed by atoms with Crippen molar-refractivity contribution in [3.63, 3.8) is 0 Å². The highest BCUT2D eigenvalue weighted by Gasteiger charge is 2.19. The van der Waals surface area contributed by atoms with Crippen molar-refractivity contribution in [2.75, 3.05) is 25.6 Å². The van der Waals surface area contributed by atoms with Crippen LogP contribution < -0.4 is 10.5 Å². The minimum Gasteiger partial charge on any atom is -0.464 e. The second-order valence-corrected chi connectivity index (χ2v) is 4.38. The lowest BCUT2D eigenvalue weighted by atomic mass is 10.2. The molecule has 8 nitrogen and oxygen atoms in total. The molecule has 8 heteroatoms. The molecule has 0 spiro atoms. The van der Waals surface area contributed by atoms with Gasteiger partial charge in [0.25, 0.3) is 0 Å². The molecular weight excluding hydrogens is 288 g/mol. The molecule has 1 heterocycles. The first-order valence-electron chi connectivity index (χ1n) is 7.04. The maximum atomic E-state index is 11.5. The molecule has 1 unspecified atom stereocenters. The number of rotatable bonds is 10. The summed E-state index contributed by atoms with van der Waals surface area (Å²) >= 11 is 0. The number of ketones is 1. The molecule has 0 saturated carbocycles. The Kier molecular flexibility index (Phi) is 7.41. The Balaban J connectivity index is 2.77. The van der Waals surface area contributed by atoms with Crippen molar-refractivity contribution in [3.8, 4) is 6.01 Å². The SMILES string of the molecule is C=C(C)C(=O)CCOC(OCC)c1nc(N)nc(OCC)n1. The number of nitrogen functional groups attached to an aromatic ring is 1. The maximum absolute atomic E-state index is 11.5. The van der Waals surface area contributed by atoms with Crippen LogP contribution in [0.4, 0.5) is 5.95 Å². The van der Waals surface area contributed by atoms with Gasteiger partial charge in [-0.25, -0.2) is 0 Å². The average Bonchev–Trinajstić information content (AvgIpc) is 2.45. The summed E-state index contributed by atoms with van der Waals surface area (Å²) in [5.41, 5.74) is 6.11. The van der Waals surface area contributed by atoms with Gasteiger partial charge in [-0.3, -0.25) is 4.79 Å². The fourth-order valence-electron chi connectivity index (χ4n) is 1.51. The number of hydrogen-bond acceptors (Lipinski definition) is 8. The molecule has 0 fully saturated rings. The Morgan fingerprint density at radius 3 is 2.55 bits per heavy atom. The van der Waals surface area contributed by atoms with Crippen LogP contribution in [0.1, 0.15) is 39.3 Å². The maximum Gasteiger partial charge on any atom is 0.321 e. The first-order chi connectivity index (χ1) is 10.5. The summed E-state index contributed by atoms with van der Waals surface area (Å²) in [6, 6.07) is 0.108. The second kappa shape index (κ2) is 9.06. The van der Waals surface area contributed by atoms with Gasteiger partial charge in [0.05, 0.1) is 13.2 Å². The molecule has 1 atom stereocenters. The number of carbonyl (C=O) groups is 1. The van der Waals surface area contributed by atoms with E-state index in [2.05, 4.69) is 21.5 Å². The minimum absolute atomic E-state index is 0.0137. The van der Waals surface area contributed by atoms with Crippen molar-refractivity contribution in [1.82, 2.24) is 15.0 Å². The van der Waals surface area contributed by atoms with Gasteiger partial charge < -0.3 is 19.9 Å². The van der Waals surface area contributed by atoms with Gasteiger partial charge in [-0.15, -0.1) is 0 Å². The zero-order valence-electron chi connectivity index (χ0n) is 13.2. The van der Waals surface area contributed by atoms with Gasteiger partial charge >= 0.3 is 6.01 Å². The molecule has 0 amide bonds. The number of nitrogens with two attached hydrogens (primary N) is 1. The lowest BCUT2D eigenvalue weighted by molar-refractivity contribution is -0.151. The molecule has 0 saturated heterocycles. The molecule has 0 aliphatic rings. The highest BCUT2D eigenvalue weighted by molar-refractivity contribution is 5.94. The molecule has 0 aromatic carbocycles. The number of ether oxygens (including phenoxy) is 3. The van der Waals surface area contributed by atoms with Crippen molar-refractivity contribution in [3.05, 3.63) is 18.0 Å². The van der Waals surface area contributed by atoms with E-state index in [1.165, 1.54) is 0 Å². The molecule has 22 heavy (non-hydrogen) atoms. The molecular formula is C14H22N4O4. The Labute approximate surface area is 129 Å². The van der Waals surface area contributed by atoms with Gasteiger partial charge in [0.15, 0.2) is 11.6 Å². The fraction of sp³-hybridized carbons (Fsp3) is 0.571. The van der Waals surface area contributed by atoms with E-state index < -0.39 is 6.29 Å². The van der Waals surface area contributed by atoms with E-state index in [4.69, 9.17) is 19.9 Å². The number of carbonyl (C=O) groups excluding carboxylic acids is 1. The van der Waals surface area contributed by atoms with Gasteiger partial charge in [-0.2, -0.15) is 15.0 Å². The van der Waals surface area contributed by atoms with Crippen LogP contribution in [-0.2, 0) is 14.3 Å². The number of Topliss-reactive ketones (excluding diaryl/α,β-unsaturated/α-hetero) is 1. The topological polar surface area (TPSA) is 109 Å². The molecule has 1 rings (SSSR count). The van der Waals surface area contributed by atoms with E-state index in [0.29, 0.717) is 18.8 Å². The third kappa shape index (κ3) is 5.74. The fourth-order valence-corrected chi connectivity index (χ4v) is 1.51. The summed E-state index contributed by atoms with van der Waals surface area (Å²) in [5, 5.41) is 0. The molecule has 2 N–H and O–H groups in total. The van der Waals surface area contributed by atoms with Gasteiger partial charge in [0.1, 0.15) is 0 Å². The number of anilines is 1. The van der Waals surface area contributed by atoms with Crippen LogP contribution in [0.2, 0.25) is 0 Å². The molecule has 0 bridgehead atoms. The first-order valence-corrected chi connectivity index (χ1v) is 7.04. The average molecular weight is 310 g/mol. The van der Waals surface area contributed by atoms with E-state index in [0.717, 1.165) is 0 Å². The van der Waals surface area contributed by atoms with Crippen molar-refractivity contribution >= 4 is 11.7 Å². The second-order valence-electron chi connectivity index (χ2n) is 4.38. The van der Waals surface area contributed by atoms with E-state index in [1.807, 2.05) is 6.92 Å². The molecule has 1 aromatic heterocycles. The van der Waals surface area contributed by atoms with Gasteiger partial charge in [0, 0.05) is 13.0 Å². The van der Waals surface area contributed by atoms with Crippen LogP contribution in [-0.4, -0.2) is 40.6 Å². The third-order valence-electron chi connectivity index (χ3n) is 2.53. The summed E-state index contributed by atoms with van der Waals surface area (Å²) < 4.78 is 16.2. The largest absolute Gasteiger partial charge is 0.464 e. The smallest absolute Gasteiger partial charge is 0.321 e. The van der Waals surface area contributed by atoms with Gasteiger partial charge in [-0.1, -0.05) is 6.58 Å². The van der Waals surface area contributed by atoms with Crippen LogP contribution in [0.15, 0.2) is 12.2 Å². The number of hydrogen-bond donors (Lipinski definition) is 1. The van der Waals surface area contributed by atoms with Gasteiger partial charge in [0.2, 0.25) is 12.2 Å². The Morgan fingerprint density at radius 2 is 1.95 bits per heavy atom. The summed E-state index contributed by atoms with van der Waals surface area (Å²) in [7, 11) is 0. The zero-order chi connectivity index (χ0) is 16.5. The van der Waals surface area contributed by atoms with Crippen molar-refractivity contribution in [2.45, 2.75) is 33.5 Å². The van der Waals surface area contributed by atoms with E-state index in [9.17, 15) is 4.79 Å². The van der Waals surface area contributed by atoms with Crippen LogP contribution in [0.3, 0.4) is 0 Å². The summed E-state index contributed by atoms with van der Waals surface area (Å²) in [6.07, 6.45) is -0.634. The van der Waals surface area contributed by atoms with Crippen LogP contribution in [0, 0.1) is 0 Å². The molecule has 0 aliphatic heterocycles. The minimum atomic E-state index is -0.840. The van der Waals surface area contributed by atoms with Crippen LogP contribution >= 0.6 is 0 Å². The lowest BCUT2D eigenvalue weighted by Crippen LogP contribution is -2.17. The Bertz CT molecular complexity index is 522. The molecule has 122 valence electrons. The number of allylic oxidation sites excluding steroid dienone is 1. The normalized spacial score (nSPS) is 12.0. The predicted molar refractivity (Wildman–Crippen MR) is 80.2 cm³/mol. The van der Waals surface area contributed by atoms with E-state index in [-0.39, 0.29) is 36.6 Å². The quantitative estimate of drug-likeness (QED) is 0.510. The van der Waals surface area contributed by atoms with E-state index >= 15 is 0 Å². The Morgan fingerprint density at radius 1 is 1.23 bits per heavy atom. The van der Waals surface area contributed by atoms with E-state index in [1.54, 1.807) is 13.8 Å². The summed E-state index contributed by atoms with van der Waals surface area (Å²) in [4.78, 5) is 23.5. The monoisotopic (exact) mass is 310 g/mol. The summed E-state index contributed by atoms with van der Waals surface area (Å²) in [5.74, 6) is 0.153. The van der Waals surface area contributed by atoms with Crippen LogP contribution in [0.5, 0.6) is 6.01 Å². The van der Waals surface area contributed by atoms with Crippen molar-refractivity contribution in [1.29, 1.82) is 0 Å². The van der Waals surface area contributed by atoms with Crippen LogP contribution in [0.25, 0.3) is 0 Å². The summed E-state index contributed by atoms with van der Waals surface area (Å²) in [6.45, 7) is 9.80. The number of nitrogens with zero attached hydrogens (tertiary/aromatic N) is 3. The number of aromatic nitrogens is 3. The highest BCUT2D eigenvalue weighted by atomic mass is 16.7. The zero-order valence-corrected chi connectivity index (χ0v) is 13.2.